The molecule has 0 bridgehead atoms. The first-order valence-electron chi connectivity index (χ1n) is 13.0. The number of nitrogens with two attached hydrogens (primary N) is 1. The van der Waals surface area contributed by atoms with Gasteiger partial charge in [-0.25, -0.2) is 24.0 Å². The number of pyridine rings is 1. The minimum atomic E-state index is -4.74. The summed E-state index contributed by atoms with van der Waals surface area (Å²) in [5.41, 5.74) is 2.46. The fraction of sp³-hybridized carbons (Fsp3) is 0.148. The molecule has 5 rings (SSSR count). The van der Waals surface area contributed by atoms with Crippen molar-refractivity contribution in [3.63, 3.8) is 0 Å². The number of halogens is 1. The van der Waals surface area contributed by atoms with Crippen LogP contribution in [0.1, 0.15) is 33.1 Å². The van der Waals surface area contributed by atoms with E-state index in [0.717, 1.165) is 30.4 Å². The van der Waals surface area contributed by atoms with Crippen molar-refractivity contribution < 1.29 is 31.2 Å². The SMILES string of the molecule is COC(=O)C(/C(=N\NC(=O)c1ccncc1)C1=NS(=O)(=O)c2cc(S(N)(=O)=O)c(Cl)cc2N1)c1nc2cc(C)c(C)cc2[nH]c1=O. The molecule has 2 aromatic heterocycles. The number of nitrogens with zero attached hydrogens (tertiary/aromatic N) is 4. The van der Waals surface area contributed by atoms with Gasteiger partial charge >= 0.3 is 5.97 Å². The van der Waals surface area contributed by atoms with Crippen LogP contribution in [-0.2, 0) is 29.6 Å². The van der Waals surface area contributed by atoms with Gasteiger partial charge < -0.3 is 15.0 Å². The lowest BCUT2D eigenvalue weighted by Crippen LogP contribution is -2.40. The van der Waals surface area contributed by atoms with E-state index in [4.69, 9.17) is 21.5 Å². The number of carbonyl (C=O) groups excluding carboxylic acids is 2. The third kappa shape index (κ3) is 6.23. The van der Waals surface area contributed by atoms with Gasteiger partial charge in [-0.15, -0.1) is 4.40 Å². The minimum Gasteiger partial charge on any atom is -0.468 e. The van der Waals surface area contributed by atoms with E-state index in [0.29, 0.717) is 5.52 Å². The number of nitrogens with one attached hydrogen (secondary N) is 3. The van der Waals surface area contributed by atoms with Gasteiger partial charge in [0.1, 0.15) is 21.2 Å². The van der Waals surface area contributed by atoms with Crippen LogP contribution >= 0.6 is 11.6 Å². The first-order valence-corrected chi connectivity index (χ1v) is 16.3. The van der Waals surface area contributed by atoms with Gasteiger partial charge in [-0.3, -0.25) is 19.4 Å². The molecule has 1 unspecified atom stereocenters. The van der Waals surface area contributed by atoms with Gasteiger partial charge in [0.05, 0.1) is 28.9 Å². The molecule has 4 aromatic rings. The third-order valence-electron chi connectivity index (χ3n) is 6.86. The summed E-state index contributed by atoms with van der Waals surface area (Å²) < 4.78 is 59.4. The molecule has 0 saturated heterocycles. The number of hydrazone groups is 1. The molecular weight excluding hydrogens is 664 g/mol. The van der Waals surface area contributed by atoms with Gasteiger partial charge in [-0.05, 0) is 61.4 Å². The zero-order valence-corrected chi connectivity index (χ0v) is 26.4. The minimum absolute atomic E-state index is 0.0963. The molecule has 1 aliphatic rings. The van der Waals surface area contributed by atoms with Crippen molar-refractivity contribution in [3.05, 3.63) is 86.6 Å². The maximum absolute atomic E-state index is 13.4. The van der Waals surface area contributed by atoms with Crippen molar-refractivity contribution in [1.29, 1.82) is 0 Å². The van der Waals surface area contributed by atoms with E-state index in [2.05, 4.69) is 35.2 Å². The van der Waals surface area contributed by atoms with E-state index in [1.54, 1.807) is 12.1 Å². The summed E-state index contributed by atoms with van der Waals surface area (Å²) >= 11 is 6.11. The highest BCUT2D eigenvalue weighted by Crippen LogP contribution is 2.35. The average Bonchev–Trinajstić information content (AvgIpc) is 2.98. The fourth-order valence-corrected chi connectivity index (χ4v) is 6.76. The van der Waals surface area contributed by atoms with E-state index in [1.165, 1.54) is 24.5 Å². The Morgan fingerprint density at radius 3 is 2.43 bits per heavy atom. The van der Waals surface area contributed by atoms with Crippen molar-refractivity contribution in [3.8, 4) is 0 Å². The Balaban J connectivity index is 1.74. The molecule has 1 amide bonds. The summed E-state index contributed by atoms with van der Waals surface area (Å²) in [5, 5.41) is 11.4. The second-order valence-electron chi connectivity index (χ2n) is 9.90. The van der Waals surface area contributed by atoms with Crippen LogP contribution in [0, 0.1) is 13.8 Å². The monoisotopic (exact) mass is 686 g/mol. The number of H-pyrrole nitrogens is 1. The topological polar surface area (TPSA) is 245 Å². The highest BCUT2D eigenvalue weighted by Gasteiger charge is 2.39. The third-order valence-corrected chi connectivity index (χ3v) is 9.56. The molecule has 0 fully saturated rings. The van der Waals surface area contributed by atoms with Gasteiger partial charge in [-0.1, -0.05) is 11.6 Å². The number of aromatic nitrogens is 3. The van der Waals surface area contributed by atoms with E-state index in [9.17, 15) is 31.2 Å². The average molecular weight is 687 g/mol. The van der Waals surface area contributed by atoms with E-state index < -0.39 is 75.5 Å². The highest BCUT2D eigenvalue weighted by atomic mass is 35.5. The lowest BCUT2D eigenvalue weighted by molar-refractivity contribution is -0.140. The van der Waals surface area contributed by atoms with E-state index in [-0.39, 0.29) is 16.8 Å². The van der Waals surface area contributed by atoms with Crippen molar-refractivity contribution >= 4 is 71.8 Å². The number of anilines is 1. The number of esters is 1. The quantitative estimate of drug-likeness (QED) is 0.123. The molecule has 0 spiro atoms. The number of fused-ring (bicyclic) bond motifs is 2. The smallest absolute Gasteiger partial charge is 0.321 e. The summed E-state index contributed by atoms with van der Waals surface area (Å²) in [5.74, 6) is -4.41. The van der Waals surface area contributed by atoms with Crippen LogP contribution in [0.25, 0.3) is 11.0 Å². The number of hydrogen-bond donors (Lipinski definition) is 4. The van der Waals surface area contributed by atoms with E-state index >= 15 is 0 Å². The predicted molar refractivity (Wildman–Crippen MR) is 167 cm³/mol. The van der Waals surface area contributed by atoms with Gasteiger partial charge in [-0.2, -0.15) is 13.5 Å². The Morgan fingerprint density at radius 1 is 1.11 bits per heavy atom. The molecule has 2 aromatic carbocycles. The maximum atomic E-state index is 13.4. The maximum Gasteiger partial charge on any atom is 0.321 e. The zero-order chi connectivity index (χ0) is 33.6. The number of carbonyl (C=O) groups is 2. The second-order valence-corrected chi connectivity index (χ2v) is 13.4. The second kappa shape index (κ2) is 12.0. The molecule has 16 nitrogen and oxygen atoms in total. The molecule has 5 N–H and O–H groups in total. The Labute approximate surface area is 265 Å². The fourth-order valence-electron chi connectivity index (χ4n) is 4.45. The lowest BCUT2D eigenvalue weighted by atomic mass is 9.97. The number of aryl methyl sites for hydroxylation is 2. The number of sulfonamides is 2. The Hall–Kier alpha value is -5.04. The van der Waals surface area contributed by atoms with Crippen LogP contribution in [0.5, 0.6) is 0 Å². The first-order chi connectivity index (χ1) is 21.6. The summed E-state index contributed by atoms with van der Waals surface area (Å²) in [7, 11) is -8.17. The van der Waals surface area contributed by atoms with Gasteiger partial charge in [0.15, 0.2) is 11.8 Å². The number of hydrogen-bond acceptors (Lipinski definition) is 12. The molecule has 238 valence electrons. The number of ether oxygens (including phenoxy) is 1. The van der Waals surface area contributed by atoms with Crippen molar-refractivity contribution in [2.45, 2.75) is 29.6 Å². The van der Waals surface area contributed by atoms with E-state index in [1.807, 2.05) is 13.8 Å². The zero-order valence-electron chi connectivity index (χ0n) is 24.0. The summed E-state index contributed by atoms with van der Waals surface area (Å²) in [6, 6.07) is 7.78. The highest BCUT2D eigenvalue weighted by molar-refractivity contribution is 7.91. The summed E-state index contributed by atoms with van der Waals surface area (Å²) in [6.45, 7) is 3.65. The van der Waals surface area contributed by atoms with Crippen LogP contribution in [-0.4, -0.2) is 62.3 Å². The molecule has 0 radical (unpaired) electrons. The molecule has 19 heteroatoms. The normalized spacial score (nSPS) is 14.9. The number of aromatic amines is 1. The number of benzene rings is 2. The predicted octanol–water partition coefficient (Wildman–Crippen LogP) is 1.49. The van der Waals surface area contributed by atoms with Crippen molar-refractivity contribution in [1.82, 2.24) is 20.4 Å². The number of primary sulfonamides is 1. The largest absolute Gasteiger partial charge is 0.468 e. The summed E-state index contributed by atoms with van der Waals surface area (Å²) in [4.78, 5) is 49.3. The van der Waals surface area contributed by atoms with Gasteiger partial charge in [0.2, 0.25) is 10.0 Å². The molecule has 3 heterocycles. The molecule has 46 heavy (non-hydrogen) atoms. The molecule has 0 saturated carbocycles. The van der Waals surface area contributed by atoms with Gasteiger partial charge in [0.25, 0.3) is 21.5 Å². The Morgan fingerprint density at radius 2 is 1.78 bits per heavy atom. The Bertz CT molecular complexity index is 2290. The van der Waals surface area contributed by atoms with Crippen LogP contribution in [0.15, 0.2) is 72.9 Å². The van der Waals surface area contributed by atoms with Crippen LogP contribution in [0.3, 0.4) is 0 Å². The molecule has 0 aliphatic carbocycles. The van der Waals surface area contributed by atoms with Crippen molar-refractivity contribution in [2.24, 2.45) is 14.6 Å². The molecule has 1 atom stereocenters. The number of amides is 1. The standard InChI is InChI=1S/C27H23ClN8O8S2/c1-12-8-16-17(9-13(12)2)33-26(38)23(31-16)21(27(39)44-3)22(34-35-25(37)14-4-6-30-7-5-14)24-32-18-10-15(28)19(45(29,40)41)11-20(18)46(42,43)36-24/h4-11,21H,1-3H3,(H,32,36)(H,33,38)(H,35,37)(H2,29,40,41)/b34-22+. The Kier molecular flexibility index (Phi) is 8.47. The number of rotatable bonds is 7. The van der Waals surface area contributed by atoms with Gasteiger partial charge in [0, 0.05) is 18.0 Å². The molecule has 1 aliphatic heterocycles. The van der Waals surface area contributed by atoms with Crippen LogP contribution in [0.2, 0.25) is 5.02 Å². The van der Waals surface area contributed by atoms with Crippen molar-refractivity contribution in [2.75, 3.05) is 12.4 Å². The summed E-state index contributed by atoms with van der Waals surface area (Å²) in [6.07, 6.45) is 2.68. The molecular formula is C27H23ClN8O8S2. The number of amidine groups is 1. The van der Waals surface area contributed by atoms with Crippen LogP contribution < -0.4 is 21.4 Å². The number of methoxy groups -OCH3 is 1. The lowest BCUT2D eigenvalue weighted by Gasteiger charge is -2.23. The first kappa shape index (κ1) is 32.4. The van der Waals surface area contributed by atoms with Crippen LogP contribution in [0.4, 0.5) is 5.69 Å².